The number of rotatable bonds is 7. The molecule has 0 aliphatic carbocycles. The van der Waals surface area contributed by atoms with Crippen LogP contribution in [-0.2, 0) is 10.0 Å². The maximum absolute atomic E-state index is 13.1. The number of hydrogen-bond donors (Lipinski definition) is 1. The standard InChI is InChI=1S/C23H30N2O4S/c1-4-14-29-20-11-12-22(17(2)15-20)24-23(26)19-9-7-10-21(16-19)30(27,28)25-13-6-5-8-18(25)3/h7,9-12,15-16,18H,4-6,8,13-14H2,1-3H3,(H,24,26). The van der Waals surface area contributed by atoms with Gasteiger partial charge in [-0.25, -0.2) is 8.42 Å². The molecular weight excluding hydrogens is 400 g/mol. The highest BCUT2D eigenvalue weighted by Gasteiger charge is 2.31. The zero-order chi connectivity index (χ0) is 21.7. The highest BCUT2D eigenvalue weighted by molar-refractivity contribution is 7.89. The molecule has 1 unspecified atom stereocenters. The number of amides is 1. The summed E-state index contributed by atoms with van der Waals surface area (Å²) < 4.78 is 33.3. The van der Waals surface area contributed by atoms with Crippen molar-refractivity contribution in [3.63, 3.8) is 0 Å². The maximum Gasteiger partial charge on any atom is 0.255 e. The molecule has 2 aromatic carbocycles. The molecule has 7 heteroatoms. The van der Waals surface area contributed by atoms with Gasteiger partial charge in [-0.15, -0.1) is 0 Å². The van der Waals surface area contributed by atoms with Gasteiger partial charge in [-0.05, 0) is 75.1 Å². The Kier molecular flexibility index (Phi) is 7.15. The van der Waals surface area contributed by atoms with E-state index in [0.717, 1.165) is 37.0 Å². The second-order valence-corrected chi connectivity index (χ2v) is 9.66. The van der Waals surface area contributed by atoms with E-state index in [1.54, 1.807) is 28.6 Å². The quantitative estimate of drug-likeness (QED) is 0.697. The van der Waals surface area contributed by atoms with E-state index in [2.05, 4.69) is 5.32 Å². The molecule has 1 fully saturated rings. The second-order valence-electron chi connectivity index (χ2n) is 7.77. The molecule has 6 nitrogen and oxygen atoms in total. The van der Waals surface area contributed by atoms with Gasteiger partial charge < -0.3 is 10.1 Å². The minimum absolute atomic E-state index is 0.0303. The van der Waals surface area contributed by atoms with Crippen molar-refractivity contribution in [2.75, 3.05) is 18.5 Å². The lowest BCUT2D eigenvalue weighted by atomic mass is 10.1. The van der Waals surface area contributed by atoms with E-state index in [9.17, 15) is 13.2 Å². The molecule has 0 radical (unpaired) electrons. The van der Waals surface area contributed by atoms with Gasteiger partial charge in [0.1, 0.15) is 5.75 Å². The zero-order valence-corrected chi connectivity index (χ0v) is 18.7. The molecule has 30 heavy (non-hydrogen) atoms. The van der Waals surface area contributed by atoms with E-state index in [0.29, 0.717) is 24.4 Å². The summed E-state index contributed by atoms with van der Waals surface area (Å²) in [5.74, 6) is 0.417. The molecule has 1 heterocycles. The Morgan fingerprint density at radius 3 is 2.70 bits per heavy atom. The summed E-state index contributed by atoms with van der Waals surface area (Å²) >= 11 is 0. The van der Waals surface area contributed by atoms with Gasteiger partial charge in [-0.2, -0.15) is 4.31 Å². The number of benzene rings is 2. The summed E-state index contributed by atoms with van der Waals surface area (Å²) in [6.45, 7) is 7.03. The molecule has 1 aliphatic rings. The molecule has 0 aromatic heterocycles. The summed E-state index contributed by atoms with van der Waals surface area (Å²) in [4.78, 5) is 12.9. The minimum atomic E-state index is -3.63. The van der Waals surface area contributed by atoms with Crippen LogP contribution in [0.2, 0.25) is 0 Å². The van der Waals surface area contributed by atoms with Crippen molar-refractivity contribution in [1.29, 1.82) is 0 Å². The first-order valence-corrected chi connectivity index (χ1v) is 11.9. The van der Waals surface area contributed by atoms with E-state index in [-0.39, 0.29) is 16.8 Å². The Morgan fingerprint density at radius 2 is 2.00 bits per heavy atom. The third-order valence-electron chi connectivity index (χ3n) is 5.36. The summed E-state index contributed by atoms with van der Waals surface area (Å²) in [5.41, 5.74) is 1.86. The molecule has 0 bridgehead atoms. The first-order valence-electron chi connectivity index (χ1n) is 10.5. The van der Waals surface area contributed by atoms with Crippen LogP contribution in [-0.4, -0.2) is 37.8 Å². The average molecular weight is 431 g/mol. The van der Waals surface area contributed by atoms with Crippen LogP contribution in [0.15, 0.2) is 47.4 Å². The number of hydrogen-bond acceptors (Lipinski definition) is 4. The van der Waals surface area contributed by atoms with Gasteiger partial charge >= 0.3 is 0 Å². The van der Waals surface area contributed by atoms with Crippen molar-refractivity contribution in [2.24, 2.45) is 0 Å². The first kappa shape index (κ1) is 22.3. The molecule has 1 atom stereocenters. The molecule has 1 saturated heterocycles. The molecule has 0 spiro atoms. The first-order chi connectivity index (χ1) is 14.3. The van der Waals surface area contributed by atoms with Gasteiger partial charge in [0.15, 0.2) is 0 Å². The third kappa shape index (κ3) is 5.02. The van der Waals surface area contributed by atoms with Crippen LogP contribution < -0.4 is 10.1 Å². The zero-order valence-electron chi connectivity index (χ0n) is 17.8. The van der Waals surface area contributed by atoms with Gasteiger partial charge in [0.25, 0.3) is 5.91 Å². The van der Waals surface area contributed by atoms with Crippen LogP contribution in [0, 0.1) is 6.92 Å². The Hall–Kier alpha value is -2.38. The van der Waals surface area contributed by atoms with Crippen LogP contribution in [0.25, 0.3) is 0 Å². The Balaban J connectivity index is 1.78. The minimum Gasteiger partial charge on any atom is -0.494 e. The third-order valence-corrected chi connectivity index (χ3v) is 7.37. The van der Waals surface area contributed by atoms with Crippen molar-refractivity contribution < 1.29 is 17.9 Å². The van der Waals surface area contributed by atoms with Crippen molar-refractivity contribution in [1.82, 2.24) is 4.31 Å². The van der Waals surface area contributed by atoms with Crippen molar-refractivity contribution in [3.05, 3.63) is 53.6 Å². The van der Waals surface area contributed by atoms with Crippen molar-refractivity contribution >= 4 is 21.6 Å². The summed E-state index contributed by atoms with van der Waals surface area (Å²) in [6.07, 6.45) is 3.68. The SMILES string of the molecule is CCCOc1ccc(NC(=O)c2cccc(S(=O)(=O)N3CCCCC3C)c2)c(C)c1. The van der Waals surface area contributed by atoms with Gasteiger partial charge in [0.05, 0.1) is 11.5 Å². The van der Waals surface area contributed by atoms with Crippen LogP contribution in [0.3, 0.4) is 0 Å². The highest BCUT2D eigenvalue weighted by Crippen LogP contribution is 2.26. The summed E-state index contributed by atoms with van der Waals surface area (Å²) in [7, 11) is -3.63. The topological polar surface area (TPSA) is 75.7 Å². The highest BCUT2D eigenvalue weighted by atomic mass is 32.2. The molecule has 3 rings (SSSR count). The van der Waals surface area contributed by atoms with Gasteiger partial charge in [-0.3, -0.25) is 4.79 Å². The largest absolute Gasteiger partial charge is 0.494 e. The van der Waals surface area contributed by atoms with Crippen LogP contribution in [0.5, 0.6) is 5.75 Å². The Bertz CT molecular complexity index is 1000. The lowest BCUT2D eigenvalue weighted by molar-refractivity contribution is 0.102. The van der Waals surface area contributed by atoms with E-state index in [4.69, 9.17) is 4.74 Å². The monoisotopic (exact) mass is 430 g/mol. The fourth-order valence-corrected chi connectivity index (χ4v) is 5.39. The molecule has 1 aliphatic heterocycles. The molecular formula is C23H30N2O4S. The second kappa shape index (κ2) is 9.62. The van der Waals surface area contributed by atoms with Gasteiger partial charge in [-0.1, -0.05) is 19.4 Å². The molecule has 1 N–H and O–H groups in total. The maximum atomic E-state index is 13.1. The summed E-state index contributed by atoms with van der Waals surface area (Å²) in [6, 6.07) is 11.7. The Morgan fingerprint density at radius 1 is 1.20 bits per heavy atom. The van der Waals surface area contributed by atoms with Gasteiger partial charge in [0, 0.05) is 23.8 Å². The number of piperidine rings is 1. The average Bonchev–Trinajstić information content (AvgIpc) is 2.74. The van der Waals surface area contributed by atoms with Crippen LogP contribution in [0.1, 0.15) is 55.5 Å². The Labute approximate surface area is 179 Å². The normalized spacial score (nSPS) is 17.5. The fourth-order valence-electron chi connectivity index (χ4n) is 3.64. The van der Waals surface area contributed by atoms with E-state index in [1.165, 1.54) is 6.07 Å². The van der Waals surface area contributed by atoms with Crippen molar-refractivity contribution in [2.45, 2.75) is 57.4 Å². The molecule has 0 saturated carbocycles. The lowest BCUT2D eigenvalue weighted by Crippen LogP contribution is -2.41. The number of carbonyl (C=O) groups is 1. The molecule has 162 valence electrons. The molecule has 2 aromatic rings. The van der Waals surface area contributed by atoms with E-state index < -0.39 is 10.0 Å². The summed E-state index contributed by atoms with van der Waals surface area (Å²) in [5, 5.41) is 2.87. The number of sulfonamides is 1. The number of nitrogens with zero attached hydrogens (tertiary/aromatic N) is 1. The predicted molar refractivity (Wildman–Crippen MR) is 119 cm³/mol. The number of carbonyl (C=O) groups excluding carboxylic acids is 1. The number of aryl methyl sites for hydroxylation is 1. The van der Waals surface area contributed by atoms with E-state index in [1.807, 2.05) is 32.9 Å². The van der Waals surface area contributed by atoms with E-state index >= 15 is 0 Å². The van der Waals surface area contributed by atoms with Crippen LogP contribution in [0.4, 0.5) is 5.69 Å². The van der Waals surface area contributed by atoms with Gasteiger partial charge in [0.2, 0.25) is 10.0 Å². The number of ether oxygens (including phenoxy) is 1. The lowest BCUT2D eigenvalue weighted by Gasteiger charge is -2.32. The smallest absolute Gasteiger partial charge is 0.255 e. The van der Waals surface area contributed by atoms with Crippen LogP contribution >= 0.6 is 0 Å². The fraction of sp³-hybridized carbons (Fsp3) is 0.435. The predicted octanol–water partition coefficient (Wildman–Crippen LogP) is 4.60. The number of nitrogens with one attached hydrogen (secondary N) is 1. The van der Waals surface area contributed by atoms with Crippen molar-refractivity contribution in [3.8, 4) is 5.75 Å². The number of anilines is 1. The molecule has 1 amide bonds.